The highest BCUT2D eigenvalue weighted by Crippen LogP contribution is 2.35. The molecule has 1 nitrogen and oxygen atoms in total. The monoisotopic (exact) mass is 190 g/mol. The minimum atomic E-state index is -5.55. The van der Waals surface area contributed by atoms with Crippen molar-refractivity contribution in [2.45, 2.75) is 19.0 Å². The van der Waals surface area contributed by atoms with Crippen molar-refractivity contribution in [3.63, 3.8) is 0 Å². The Morgan fingerprint density at radius 3 is 2.00 bits per heavy atom. The summed E-state index contributed by atoms with van der Waals surface area (Å²) in [6, 6.07) is 0. The van der Waals surface area contributed by atoms with Crippen LogP contribution in [0.4, 0.5) is 22.0 Å². The van der Waals surface area contributed by atoms with Crippen molar-refractivity contribution >= 4 is 0 Å². The molecule has 0 amide bonds. The Morgan fingerprint density at radius 1 is 1.17 bits per heavy atom. The van der Waals surface area contributed by atoms with Gasteiger partial charge in [0, 0.05) is 0 Å². The molecular formula is C6H7F5O. The van der Waals surface area contributed by atoms with Gasteiger partial charge in [0.1, 0.15) is 0 Å². The van der Waals surface area contributed by atoms with Crippen LogP contribution in [0.1, 0.15) is 6.92 Å². The molecule has 72 valence electrons. The Labute approximate surface area is 65.8 Å². The Balaban J connectivity index is 4.05. The van der Waals surface area contributed by atoms with Crippen LogP contribution in [0.15, 0.2) is 12.3 Å². The summed E-state index contributed by atoms with van der Waals surface area (Å²) in [5, 5.41) is 0. The first kappa shape index (κ1) is 11.2. The van der Waals surface area contributed by atoms with E-state index in [1.165, 1.54) is 13.0 Å². The second-order valence-electron chi connectivity index (χ2n) is 1.98. The molecule has 0 saturated heterocycles. The molecule has 0 bridgehead atoms. The molecule has 0 heterocycles. The van der Waals surface area contributed by atoms with Gasteiger partial charge in [0.25, 0.3) is 0 Å². The quantitative estimate of drug-likeness (QED) is 0.491. The summed E-state index contributed by atoms with van der Waals surface area (Å²) in [4.78, 5) is 0. The molecule has 0 saturated carbocycles. The summed E-state index contributed by atoms with van der Waals surface area (Å²) in [5.41, 5.74) is 0. The summed E-state index contributed by atoms with van der Waals surface area (Å²) in [6.45, 7) is -0.243. The van der Waals surface area contributed by atoms with E-state index in [1.54, 1.807) is 0 Å². The molecule has 12 heavy (non-hydrogen) atoms. The maximum atomic E-state index is 12.0. The van der Waals surface area contributed by atoms with Gasteiger partial charge in [-0.15, -0.1) is 0 Å². The third-order valence-electron chi connectivity index (χ3n) is 0.912. The van der Waals surface area contributed by atoms with E-state index in [2.05, 4.69) is 4.74 Å². The normalized spacial score (nSPS) is 13.8. The van der Waals surface area contributed by atoms with Gasteiger partial charge in [-0.3, -0.25) is 0 Å². The number of halogens is 5. The third-order valence-corrected chi connectivity index (χ3v) is 0.912. The molecule has 0 unspecified atom stereocenters. The van der Waals surface area contributed by atoms with Crippen molar-refractivity contribution < 1.29 is 26.7 Å². The average molecular weight is 190 g/mol. The van der Waals surface area contributed by atoms with Crippen molar-refractivity contribution in [3.8, 4) is 0 Å². The lowest BCUT2D eigenvalue weighted by Gasteiger charge is -2.18. The Bertz CT molecular complexity index is 160. The number of allylic oxidation sites excluding steroid dienone is 1. The van der Waals surface area contributed by atoms with Crippen LogP contribution in [-0.4, -0.2) is 18.7 Å². The number of hydrogen-bond donors (Lipinski definition) is 0. The molecule has 0 aliphatic carbocycles. The summed E-state index contributed by atoms with van der Waals surface area (Å²) >= 11 is 0. The highest BCUT2D eigenvalue weighted by molar-refractivity contribution is 4.77. The van der Waals surface area contributed by atoms with Crippen LogP contribution in [0, 0.1) is 0 Å². The van der Waals surface area contributed by atoms with Gasteiger partial charge in [0.05, 0.1) is 6.26 Å². The van der Waals surface area contributed by atoms with E-state index >= 15 is 0 Å². The molecule has 0 atom stereocenters. The second-order valence-corrected chi connectivity index (χ2v) is 1.98. The van der Waals surface area contributed by atoms with Crippen molar-refractivity contribution in [1.82, 2.24) is 0 Å². The van der Waals surface area contributed by atoms with Gasteiger partial charge in [-0.25, -0.2) is 0 Å². The SMILES string of the molecule is C/C=C/OCC(F)(F)C(F)(F)F. The van der Waals surface area contributed by atoms with Gasteiger partial charge in [-0.2, -0.15) is 22.0 Å². The van der Waals surface area contributed by atoms with E-state index < -0.39 is 18.7 Å². The van der Waals surface area contributed by atoms with Crippen LogP contribution < -0.4 is 0 Å². The third kappa shape index (κ3) is 3.06. The molecule has 0 aliphatic rings. The van der Waals surface area contributed by atoms with Crippen LogP contribution in [-0.2, 0) is 4.74 Å². The van der Waals surface area contributed by atoms with E-state index in [4.69, 9.17) is 0 Å². The molecule has 0 fully saturated rings. The number of rotatable bonds is 3. The molecular weight excluding hydrogens is 183 g/mol. The lowest BCUT2D eigenvalue weighted by Crippen LogP contribution is -2.40. The number of ether oxygens (including phenoxy) is 1. The van der Waals surface area contributed by atoms with Gasteiger partial charge in [0.15, 0.2) is 6.61 Å². The van der Waals surface area contributed by atoms with Crippen LogP contribution in [0.2, 0.25) is 0 Å². The topological polar surface area (TPSA) is 9.23 Å². The highest BCUT2D eigenvalue weighted by atomic mass is 19.4. The number of hydrogen-bond acceptors (Lipinski definition) is 1. The summed E-state index contributed by atoms with van der Waals surface area (Å²) in [5.74, 6) is -4.79. The lowest BCUT2D eigenvalue weighted by molar-refractivity contribution is -0.292. The van der Waals surface area contributed by atoms with Crippen molar-refractivity contribution in [2.24, 2.45) is 0 Å². The lowest BCUT2D eigenvalue weighted by atomic mass is 10.3. The van der Waals surface area contributed by atoms with Gasteiger partial charge >= 0.3 is 12.1 Å². The first-order valence-electron chi connectivity index (χ1n) is 2.98. The maximum Gasteiger partial charge on any atom is 0.456 e. The van der Waals surface area contributed by atoms with Crippen LogP contribution in [0.3, 0.4) is 0 Å². The van der Waals surface area contributed by atoms with Crippen molar-refractivity contribution in [3.05, 3.63) is 12.3 Å². The molecule has 0 aliphatic heterocycles. The zero-order chi connectivity index (χ0) is 9.83. The average Bonchev–Trinajstić information content (AvgIpc) is 1.85. The van der Waals surface area contributed by atoms with Crippen LogP contribution in [0.5, 0.6) is 0 Å². The van der Waals surface area contributed by atoms with Gasteiger partial charge < -0.3 is 4.74 Å². The van der Waals surface area contributed by atoms with E-state index in [0.29, 0.717) is 0 Å². The Morgan fingerprint density at radius 2 is 1.67 bits per heavy atom. The van der Waals surface area contributed by atoms with Crippen LogP contribution in [0.25, 0.3) is 0 Å². The fourth-order valence-corrected chi connectivity index (χ4v) is 0.331. The van der Waals surface area contributed by atoms with E-state index in [-0.39, 0.29) is 0 Å². The molecule has 6 heteroatoms. The second kappa shape index (κ2) is 3.73. The fourth-order valence-electron chi connectivity index (χ4n) is 0.331. The van der Waals surface area contributed by atoms with E-state index in [1.807, 2.05) is 0 Å². The molecule has 0 rings (SSSR count). The molecule has 0 aromatic heterocycles. The number of alkyl halides is 5. The molecule has 0 N–H and O–H groups in total. The minimum absolute atomic E-state index is 0.777. The summed E-state index contributed by atoms with van der Waals surface area (Å²) in [6.07, 6.45) is -3.55. The smallest absolute Gasteiger partial charge is 0.456 e. The molecule has 0 spiro atoms. The van der Waals surface area contributed by atoms with E-state index in [0.717, 1.165) is 6.26 Å². The van der Waals surface area contributed by atoms with Crippen LogP contribution >= 0.6 is 0 Å². The zero-order valence-corrected chi connectivity index (χ0v) is 6.16. The van der Waals surface area contributed by atoms with Gasteiger partial charge in [-0.1, -0.05) is 6.08 Å². The predicted octanol–water partition coefficient (Wildman–Crippen LogP) is 2.73. The largest absolute Gasteiger partial charge is 0.495 e. The fraction of sp³-hybridized carbons (Fsp3) is 0.667. The first-order chi connectivity index (χ1) is 5.31. The Hall–Kier alpha value is -0.810. The summed E-state index contributed by atoms with van der Waals surface area (Å²) < 4.78 is 62.1. The standard InChI is InChI=1S/C6H7F5O/c1-2-3-12-4-5(7,8)6(9,10)11/h2-3H,4H2,1H3/b3-2+. The Kier molecular flexibility index (Phi) is 3.48. The first-order valence-corrected chi connectivity index (χ1v) is 2.98. The predicted molar refractivity (Wildman–Crippen MR) is 31.8 cm³/mol. The van der Waals surface area contributed by atoms with E-state index in [9.17, 15) is 22.0 Å². The summed E-state index contributed by atoms with van der Waals surface area (Å²) in [7, 11) is 0. The van der Waals surface area contributed by atoms with Crippen molar-refractivity contribution in [2.75, 3.05) is 6.61 Å². The minimum Gasteiger partial charge on any atom is -0.495 e. The van der Waals surface area contributed by atoms with Gasteiger partial charge in [-0.05, 0) is 6.92 Å². The molecule has 0 radical (unpaired) electrons. The maximum absolute atomic E-state index is 12.0. The molecule has 0 aromatic rings. The highest BCUT2D eigenvalue weighted by Gasteiger charge is 2.58. The molecule has 0 aromatic carbocycles. The zero-order valence-electron chi connectivity index (χ0n) is 6.16. The van der Waals surface area contributed by atoms with Gasteiger partial charge in [0.2, 0.25) is 0 Å². The van der Waals surface area contributed by atoms with Crippen molar-refractivity contribution in [1.29, 1.82) is 0 Å².